The van der Waals surface area contributed by atoms with E-state index in [2.05, 4.69) is 43.0 Å². The first-order valence-electron chi connectivity index (χ1n) is 13.5. The number of anilines is 1. The van der Waals surface area contributed by atoms with Gasteiger partial charge >= 0.3 is 0 Å². The Hall–Kier alpha value is -3.39. The van der Waals surface area contributed by atoms with Gasteiger partial charge in [-0.3, -0.25) is 9.48 Å². The predicted molar refractivity (Wildman–Crippen MR) is 154 cm³/mol. The molecule has 2 fully saturated rings. The minimum absolute atomic E-state index is 0.104. The van der Waals surface area contributed by atoms with Gasteiger partial charge in [-0.1, -0.05) is 55.8 Å². The molecule has 2 unspecified atom stereocenters. The molecule has 4 aromatic rings. The van der Waals surface area contributed by atoms with Crippen LogP contribution in [-0.4, -0.2) is 52.2 Å². The number of hydrogen-bond acceptors (Lipinski definition) is 5. The fourth-order valence-corrected chi connectivity index (χ4v) is 6.55. The number of rotatable bonds is 6. The monoisotopic (exact) mass is 544 g/mol. The molecule has 1 aromatic heterocycles. The molecule has 2 aliphatic heterocycles. The number of aliphatic hydroxyl groups is 1. The van der Waals surface area contributed by atoms with E-state index in [-0.39, 0.29) is 30.1 Å². The van der Waals surface area contributed by atoms with Crippen molar-refractivity contribution in [1.29, 1.82) is 0 Å². The number of carbonyl (C=O) groups excluding carboxylic acids is 1. The Morgan fingerprint density at radius 3 is 2.38 bits per heavy atom. The van der Waals surface area contributed by atoms with Crippen LogP contribution in [0.25, 0.3) is 22.2 Å². The molecule has 3 N–H and O–H groups in total. The second-order valence-electron chi connectivity index (χ2n) is 11.0. The molecule has 0 saturated carbocycles. The van der Waals surface area contributed by atoms with E-state index >= 15 is 0 Å². The second kappa shape index (κ2) is 10.3. The van der Waals surface area contributed by atoms with E-state index < -0.39 is 5.91 Å². The Morgan fingerprint density at radius 1 is 1.05 bits per heavy atom. The summed E-state index contributed by atoms with van der Waals surface area (Å²) in [5.74, 6) is -0.270. The van der Waals surface area contributed by atoms with Crippen molar-refractivity contribution in [3.8, 4) is 11.3 Å². The Labute approximate surface area is 233 Å². The number of ether oxygens (including phenoxy) is 1. The number of amides is 1. The molecular formula is C31H33ClN4O3. The van der Waals surface area contributed by atoms with Gasteiger partial charge in [0, 0.05) is 27.2 Å². The average molecular weight is 545 g/mol. The first kappa shape index (κ1) is 25.9. The molecule has 2 bridgehead atoms. The van der Waals surface area contributed by atoms with E-state index in [0.717, 1.165) is 33.4 Å². The minimum atomic E-state index is -0.474. The molecule has 3 heterocycles. The first-order valence-corrected chi connectivity index (χ1v) is 13.9. The number of aliphatic hydroxyl groups excluding tert-OH is 1. The Bertz CT molecular complexity index is 1500. The van der Waals surface area contributed by atoms with Gasteiger partial charge in [-0.2, -0.15) is 5.10 Å². The lowest BCUT2D eigenvalue weighted by molar-refractivity contribution is 0.00124. The number of carbonyl (C=O) groups is 1. The topological polar surface area (TPSA) is 93.6 Å². The second-order valence-corrected chi connectivity index (χ2v) is 11.4. The normalized spacial score (nSPS) is 21.9. The van der Waals surface area contributed by atoms with E-state index in [4.69, 9.17) is 27.2 Å². The average Bonchev–Trinajstić information content (AvgIpc) is 3.28. The zero-order chi connectivity index (χ0) is 27.3. The lowest BCUT2D eigenvalue weighted by atomic mass is 9.91. The van der Waals surface area contributed by atoms with Crippen LogP contribution in [0, 0.1) is 5.92 Å². The smallest absolute Gasteiger partial charge is 0.248 e. The van der Waals surface area contributed by atoms with Crippen molar-refractivity contribution in [2.24, 2.45) is 11.7 Å². The molecule has 8 heteroatoms. The summed E-state index contributed by atoms with van der Waals surface area (Å²) < 4.78 is 7.82. The van der Waals surface area contributed by atoms with Crippen molar-refractivity contribution in [3.05, 3.63) is 82.9 Å². The number of aromatic nitrogens is 2. The predicted octanol–water partition coefficient (Wildman–Crippen LogP) is 5.43. The molecule has 1 amide bonds. The highest BCUT2D eigenvalue weighted by molar-refractivity contribution is 6.31. The number of halogens is 1. The van der Waals surface area contributed by atoms with Gasteiger partial charge in [0.05, 0.1) is 43.0 Å². The Kier molecular flexibility index (Phi) is 6.83. The van der Waals surface area contributed by atoms with E-state index in [1.807, 2.05) is 41.1 Å². The number of morpholine rings is 1. The van der Waals surface area contributed by atoms with Crippen LogP contribution >= 0.6 is 11.6 Å². The summed E-state index contributed by atoms with van der Waals surface area (Å²) in [7, 11) is 0. The SMILES string of the molecule is CC(C)[C@@H](c1ccccc1Cl)n1nc(-c2ccc(N3C4COCC3CC(O)C4)cc2)c2cc(C(N)=O)ccc21. The van der Waals surface area contributed by atoms with Crippen LogP contribution in [0.15, 0.2) is 66.7 Å². The third kappa shape index (κ3) is 4.69. The van der Waals surface area contributed by atoms with Crippen LogP contribution in [0.2, 0.25) is 5.02 Å². The van der Waals surface area contributed by atoms with Gasteiger partial charge in [0.15, 0.2) is 0 Å². The molecule has 0 radical (unpaired) electrons. The number of benzene rings is 3. The molecule has 2 saturated heterocycles. The van der Waals surface area contributed by atoms with E-state index in [1.54, 1.807) is 6.07 Å². The van der Waals surface area contributed by atoms with Gasteiger partial charge in [-0.25, -0.2) is 0 Å². The Morgan fingerprint density at radius 2 is 1.74 bits per heavy atom. The lowest BCUT2D eigenvalue weighted by Gasteiger charge is -2.48. The fraction of sp³-hybridized carbons (Fsp3) is 0.355. The van der Waals surface area contributed by atoms with Gasteiger partial charge < -0.3 is 20.5 Å². The molecule has 202 valence electrons. The summed E-state index contributed by atoms with van der Waals surface area (Å²) in [6.07, 6.45) is 1.14. The molecule has 3 atom stereocenters. The quantitative estimate of drug-likeness (QED) is 0.337. The summed E-state index contributed by atoms with van der Waals surface area (Å²) in [6.45, 7) is 5.56. The van der Waals surface area contributed by atoms with Gasteiger partial charge in [-0.05, 0) is 60.7 Å². The zero-order valence-electron chi connectivity index (χ0n) is 22.1. The summed E-state index contributed by atoms with van der Waals surface area (Å²) in [5.41, 5.74) is 10.9. The fourth-order valence-electron chi connectivity index (χ4n) is 6.31. The maximum absolute atomic E-state index is 12.1. The van der Waals surface area contributed by atoms with Crippen molar-refractivity contribution in [3.63, 3.8) is 0 Å². The molecule has 2 aliphatic rings. The van der Waals surface area contributed by atoms with Crippen LogP contribution in [0.1, 0.15) is 48.7 Å². The minimum Gasteiger partial charge on any atom is -0.393 e. The lowest BCUT2D eigenvalue weighted by Crippen LogP contribution is -2.58. The van der Waals surface area contributed by atoms with Gasteiger partial charge in [0.2, 0.25) is 5.91 Å². The van der Waals surface area contributed by atoms with Gasteiger partial charge in [-0.15, -0.1) is 0 Å². The van der Waals surface area contributed by atoms with E-state index in [0.29, 0.717) is 36.6 Å². The molecule has 0 spiro atoms. The number of primary amides is 1. The van der Waals surface area contributed by atoms with Crippen molar-refractivity contribution < 1.29 is 14.6 Å². The van der Waals surface area contributed by atoms with Crippen molar-refractivity contribution >= 4 is 34.1 Å². The standard InChI is InChI=1S/C31H33ClN4O3/c1-18(2)30(25-5-3-4-6-27(25)32)36-28-12-9-20(31(33)38)13-26(28)29(34-36)19-7-10-21(11-8-19)35-22-14-24(37)15-23(35)17-39-16-22/h3-13,18,22-24,30,37H,14-17H2,1-2H3,(H2,33,38)/t22?,23?,24?,30-/m0/s1. The van der Waals surface area contributed by atoms with Crippen LogP contribution in [-0.2, 0) is 4.74 Å². The number of nitrogens with two attached hydrogens (primary N) is 1. The zero-order valence-corrected chi connectivity index (χ0v) is 22.9. The van der Waals surface area contributed by atoms with Gasteiger partial charge in [0.25, 0.3) is 0 Å². The highest BCUT2D eigenvalue weighted by Crippen LogP contribution is 2.39. The number of nitrogens with zero attached hydrogens (tertiary/aromatic N) is 3. The first-order chi connectivity index (χ1) is 18.8. The van der Waals surface area contributed by atoms with Crippen molar-refractivity contribution in [2.75, 3.05) is 18.1 Å². The maximum Gasteiger partial charge on any atom is 0.248 e. The molecular weight excluding hydrogens is 512 g/mol. The van der Waals surface area contributed by atoms with Crippen LogP contribution in [0.5, 0.6) is 0 Å². The highest BCUT2D eigenvalue weighted by atomic mass is 35.5. The van der Waals surface area contributed by atoms with Crippen molar-refractivity contribution in [1.82, 2.24) is 9.78 Å². The highest BCUT2D eigenvalue weighted by Gasteiger charge is 2.38. The molecule has 6 rings (SSSR count). The number of hydrogen-bond donors (Lipinski definition) is 2. The van der Waals surface area contributed by atoms with Gasteiger partial charge in [0.1, 0.15) is 5.69 Å². The largest absolute Gasteiger partial charge is 0.393 e. The van der Waals surface area contributed by atoms with Crippen LogP contribution in [0.3, 0.4) is 0 Å². The summed E-state index contributed by atoms with van der Waals surface area (Å²) in [6, 6.07) is 22.0. The molecule has 0 aliphatic carbocycles. The van der Waals surface area contributed by atoms with Crippen molar-refractivity contribution in [2.45, 2.75) is 50.9 Å². The van der Waals surface area contributed by atoms with Crippen LogP contribution < -0.4 is 10.6 Å². The third-order valence-corrected chi connectivity index (χ3v) is 8.39. The summed E-state index contributed by atoms with van der Waals surface area (Å²) in [4.78, 5) is 14.5. The number of piperidine rings is 1. The Balaban J connectivity index is 1.45. The van der Waals surface area contributed by atoms with E-state index in [9.17, 15) is 9.90 Å². The molecule has 3 aromatic carbocycles. The number of fused-ring (bicyclic) bond motifs is 3. The van der Waals surface area contributed by atoms with E-state index in [1.165, 1.54) is 0 Å². The van der Waals surface area contributed by atoms with Crippen LogP contribution in [0.4, 0.5) is 5.69 Å². The molecule has 7 nitrogen and oxygen atoms in total. The maximum atomic E-state index is 12.1. The summed E-state index contributed by atoms with van der Waals surface area (Å²) >= 11 is 6.66. The molecule has 39 heavy (non-hydrogen) atoms. The third-order valence-electron chi connectivity index (χ3n) is 8.04. The summed E-state index contributed by atoms with van der Waals surface area (Å²) in [5, 5.41) is 17.0.